The number of nitrogens with one attached hydrogen (secondary N) is 2. The number of aromatic nitrogens is 1. The minimum absolute atomic E-state index is 0.125. The number of pyridine rings is 1. The van der Waals surface area contributed by atoms with Crippen LogP contribution in [0.15, 0.2) is 36.5 Å². The number of hydrogen-bond acceptors (Lipinski definition) is 6. The number of anilines is 1. The highest BCUT2D eigenvalue weighted by Crippen LogP contribution is 2.28. The number of methoxy groups -OCH3 is 1. The van der Waals surface area contributed by atoms with E-state index in [4.69, 9.17) is 15.2 Å². The summed E-state index contributed by atoms with van der Waals surface area (Å²) in [4.78, 5) is 27.7. The van der Waals surface area contributed by atoms with Crippen molar-refractivity contribution in [2.24, 2.45) is 5.73 Å². The fraction of sp³-hybridized carbons (Fsp3) is 0.278. The van der Waals surface area contributed by atoms with E-state index in [0.29, 0.717) is 17.2 Å². The molecule has 8 heteroatoms. The van der Waals surface area contributed by atoms with Crippen LogP contribution in [0.5, 0.6) is 11.5 Å². The third-order valence-electron chi connectivity index (χ3n) is 3.56. The molecule has 8 nitrogen and oxygen atoms in total. The molecular weight excluding hydrogens is 336 g/mol. The number of carbonyl (C=O) groups is 2. The molecule has 2 rings (SSSR count). The van der Waals surface area contributed by atoms with E-state index < -0.39 is 6.04 Å². The second kappa shape index (κ2) is 8.93. The van der Waals surface area contributed by atoms with Gasteiger partial charge in [0.25, 0.3) is 5.91 Å². The van der Waals surface area contributed by atoms with Crippen LogP contribution in [0.2, 0.25) is 0 Å². The average molecular weight is 358 g/mol. The summed E-state index contributed by atoms with van der Waals surface area (Å²) in [5.41, 5.74) is 7.37. The van der Waals surface area contributed by atoms with Crippen LogP contribution in [0.3, 0.4) is 0 Å². The first-order chi connectivity index (χ1) is 12.4. The summed E-state index contributed by atoms with van der Waals surface area (Å²) in [5.74, 6) is 0.339. The molecule has 0 saturated carbocycles. The SMILES string of the molecule is CNC(=O)c1cc(Oc2cc(NC(=O)C(N)COC)ccc2C)ccn1. The smallest absolute Gasteiger partial charge is 0.269 e. The highest BCUT2D eigenvalue weighted by atomic mass is 16.5. The Morgan fingerprint density at radius 1 is 1.27 bits per heavy atom. The van der Waals surface area contributed by atoms with Crippen molar-refractivity contribution in [2.75, 3.05) is 26.1 Å². The largest absolute Gasteiger partial charge is 0.457 e. The lowest BCUT2D eigenvalue weighted by Crippen LogP contribution is -2.39. The van der Waals surface area contributed by atoms with Crippen LogP contribution in [0.1, 0.15) is 16.1 Å². The fourth-order valence-electron chi connectivity index (χ4n) is 2.13. The zero-order valence-corrected chi connectivity index (χ0v) is 14.9. The minimum Gasteiger partial charge on any atom is -0.457 e. The summed E-state index contributed by atoms with van der Waals surface area (Å²) in [5, 5.41) is 5.23. The van der Waals surface area contributed by atoms with Crippen LogP contribution < -0.4 is 21.1 Å². The van der Waals surface area contributed by atoms with Crippen molar-refractivity contribution in [3.8, 4) is 11.5 Å². The lowest BCUT2D eigenvalue weighted by molar-refractivity contribution is -0.118. The molecule has 0 spiro atoms. The normalized spacial score (nSPS) is 11.5. The Morgan fingerprint density at radius 2 is 2.04 bits per heavy atom. The molecule has 1 atom stereocenters. The number of benzene rings is 1. The number of amides is 2. The van der Waals surface area contributed by atoms with E-state index in [0.717, 1.165) is 5.56 Å². The molecule has 138 valence electrons. The fourth-order valence-corrected chi connectivity index (χ4v) is 2.13. The van der Waals surface area contributed by atoms with Crippen molar-refractivity contribution >= 4 is 17.5 Å². The minimum atomic E-state index is -0.763. The summed E-state index contributed by atoms with van der Waals surface area (Å²) in [6.07, 6.45) is 1.49. The Bertz CT molecular complexity index is 795. The van der Waals surface area contributed by atoms with Crippen molar-refractivity contribution < 1.29 is 19.1 Å². The molecule has 0 bridgehead atoms. The van der Waals surface area contributed by atoms with Gasteiger partial charge in [-0.2, -0.15) is 0 Å². The summed E-state index contributed by atoms with van der Waals surface area (Å²) >= 11 is 0. The predicted molar refractivity (Wildman–Crippen MR) is 97.4 cm³/mol. The number of nitrogens with zero attached hydrogens (tertiary/aromatic N) is 1. The van der Waals surface area contributed by atoms with Crippen molar-refractivity contribution in [3.63, 3.8) is 0 Å². The molecule has 2 amide bonds. The molecule has 2 aromatic rings. The molecule has 1 heterocycles. The van der Waals surface area contributed by atoms with Crippen LogP contribution in [0, 0.1) is 6.92 Å². The Hall–Kier alpha value is -2.97. The van der Waals surface area contributed by atoms with Crippen molar-refractivity contribution in [2.45, 2.75) is 13.0 Å². The van der Waals surface area contributed by atoms with Gasteiger partial charge in [-0.1, -0.05) is 6.07 Å². The number of rotatable bonds is 7. The van der Waals surface area contributed by atoms with E-state index in [9.17, 15) is 9.59 Å². The summed E-state index contributed by atoms with van der Waals surface area (Å²) in [7, 11) is 3.01. The molecule has 0 radical (unpaired) electrons. The third-order valence-corrected chi connectivity index (χ3v) is 3.56. The molecule has 0 aliphatic heterocycles. The van der Waals surface area contributed by atoms with Crippen molar-refractivity contribution in [1.29, 1.82) is 0 Å². The third kappa shape index (κ3) is 5.01. The van der Waals surface area contributed by atoms with Gasteiger partial charge in [-0.05, 0) is 24.6 Å². The van der Waals surface area contributed by atoms with Crippen LogP contribution in [-0.2, 0) is 9.53 Å². The van der Waals surface area contributed by atoms with Gasteiger partial charge in [0.1, 0.15) is 23.2 Å². The molecule has 1 unspecified atom stereocenters. The second-order valence-electron chi connectivity index (χ2n) is 5.59. The van der Waals surface area contributed by atoms with E-state index >= 15 is 0 Å². The number of nitrogens with two attached hydrogens (primary N) is 1. The predicted octanol–water partition coefficient (Wildman–Crippen LogP) is 1.45. The molecule has 4 N–H and O–H groups in total. The van der Waals surface area contributed by atoms with E-state index in [-0.39, 0.29) is 24.1 Å². The second-order valence-corrected chi connectivity index (χ2v) is 5.59. The highest BCUT2D eigenvalue weighted by Gasteiger charge is 2.14. The Morgan fingerprint density at radius 3 is 2.73 bits per heavy atom. The van der Waals surface area contributed by atoms with Gasteiger partial charge in [-0.25, -0.2) is 0 Å². The number of hydrogen-bond donors (Lipinski definition) is 3. The van der Waals surface area contributed by atoms with Gasteiger partial charge in [-0.3, -0.25) is 14.6 Å². The summed E-state index contributed by atoms with van der Waals surface area (Å²) < 4.78 is 10.7. The Labute approximate surface area is 151 Å². The maximum absolute atomic E-state index is 12.0. The molecule has 26 heavy (non-hydrogen) atoms. The number of carbonyl (C=O) groups excluding carboxylic acids is 2. The molecule has 1 aromatic carbocycles. The lowest BCUT2D eigenvalue weighted by Gasteiger charge is -2.14. The van der Waals surface area contributed by atoms with Gasteiger partial charge in [0.05, 0.1) is 6.61 Å². The van der Waals surface area contributed by atoms with E-state index in [2.05, 4.69) is 15.6 Å². The van der Waals surface area contributed by atoms with E-state index in [1.165, 1.54) is 26.4 Å². The van der Waals surface area contributed by atoms with Crippen LogP contribution in [-0.4, -0.2) is 43.6 Å². The Balaban J connectivity index is 2.17. The molecule has 0 aliphatic carbocycles. The topological polar surface area (TPSA) is 116 Å². The molecule has 0 aliphatic rings. The van der Waals surface area contributed by atoms with E-state index in [1.54, 1.807) is 18.2 Å². The molecule has 0 saturated heterocycles. The first-order valence-corrected chi connectivity index (χ1v) is 7.96. The van der Waals surface area contributed by atoms with Gasteiger partial charge in [-0.15, -0.1) is 0 Å². The first kappa shape index (κ1) is 19.4. The monoisotopic (exact) mass is 358 g/mol. The summed E-state index contributed by atoms with van der Waals surface area (Å²) in [6, 6.07) is 7.67. The van der Waals surface area contributed by atoms with Crippen molar-refractivity contribution in [1.82, 2.24) is 10.3 Å². The molecule has 1 aromatic heterocycles. The van der Waals surface area contributed by atoms with Gasteiger partial charge in [0.2, 0.25) is 5.91 Å². The van der Waals surface area contributed by atoms with Gasteiger partial charge >= 0.3 is 0 Å². The molecular formula is C18H22N4O4. The lowest BCUT2D eigenvalue weighted by atomic mass is 10.2. The van der Waals surface area contributed by atoms with Crippen molar-refractivity contribution in [3.05, 3.63) is 47.8 Å². The average Bonchev–Trinajstić information content (AvgIpc) is 2.64. The zero-order chi connectivity index (χ0) is 19.1. The number of aryl methyl sites for hydroxylation is 1. The maximum atomic E-state index is 12.0. The van der Waals surface area contributed by atoms with Crippen LogP contribution in [0.4, 0.5) is 5.69 Å². The van der Waals surface area contributed by atoms with Gasteiger partial charge in [0, 0.05) is 38.2 Å². The highest BCUT2D eigenvalue weighted by molar-refractivity contribution is 5.95. The van der Waals surface area contributed by atoms with Gasteiger partial charge < -0.3 is 25.8 Å². The quantitative estimate of drug-likeness (QED) is 0.690. The Kier molecular flexibility index (Phi) is 6.65. The number of ether oxygens (including phenoxy) is 2. The van der Waals surface area contributed by atoms with Crippen LogP contribution in [0.25, 0.3) is 0 Å². The molecule has 0 fully saturated rings. The standard InChI is InChI=1S/C18H22N4O4/c1-11-4-5-12(22-17(23)14(19)10-25-3)8-16(11)26-13-6-7-21-15(9-13)18(24)20-2/h4-9,14H,10,19H2,1-3H3,(H,20,24)(H,22,23). The van der Waals surface area contributed by atoms with E-state index in [1.807, 2.05) is 13.0 Å². The zero-order valence-electron chi connectivity index (χ0n) is 14.9. The first-order valence-electron chi connectivity index (χ1n) is 7.96. The maximum Gasteiger partial charge on any atom is 0.269 e. The summed E-state index contributed by atoms with van der Waals surface area (Å²) in [6.45, 7) is 2.00. The van der Waals surface area contributed by atoms with Crippen LogP contribution >= 0.6 is 0 Å². The van der Waals surface area contributed by atoms with Gasteiger partial charge in [0.15, 0.2) is 0 Å².